The van der Waals surface area contributed by atoms with Crippen LogP contribution in [0, 0.1) is 23.7 Å². The molecule has 1 saturated carbocycles. The second-order valence-electron chi connectivity index (χ2n) is 6.24. The molecule has 3 aliphatic rings. The highest BCUT2D eigenvalue weighted by Crippen LogP contribution is 2.52. The second kappa shape index (κ2) is 6.70. The van der Waals surface area contributed by atoms with Crippen LogP contribution in [-0.2, 0) is 9.59 Å². The van der Waals surface area contributed by atoms with Crippen molar-refractivity contribution in [3.05, 3.63) is 12.2 Å². The fraction of sp³-hybridized carbons (Fsp3) is 0.688. The van der Waals surface area contributed by atoms with Gasteiger partial charge >= 0.3 is 0 Å². The number of hydrogen-bond donors (Lipinski definition) is 3. The summed E-state index contributed by atoms with van der Waals surface area (Å²) in [6.07, 6.45) is 5.16. The Bertz CT molecular complexity index is 515. The van der Waals surface area contributed by atoms with Gasteiger partial charge in [0.25, 0.3) is 0 Å². The van der Waals surface area contributed by atoms with Crippen LogP contribution in [0.1, 0.15) is 13.3 Å². The first-order chi connectivity index (χ1) is 11.2. The third-order valence-corrected chi connectivity index (χ3v) is 4.90. The highest BCUT2D eigenvalue weighted by molar-refractivity contribution is 6.06. The number of aliphatic imine (C=N–C) groups is 1. The lowest BCUT2D eigenvalue weighted by Crippen LogP contribution is -2.43. The Morgan fingerprint density at radius 2 is 1.91 bits per heavy atom. The lowest BCUT2D eigenvalue weighted by molar-refractivity contribution is -0.140. The normalized spacial score (nSPS) is 31.9. The molecule has 1 aliphatic heterocycles. The molecule has 3 rings (SSSR count). The molecule has 4 atom stereocenters. The number of nitrogens with zero attached hydrogens (tertiary/aromatic N) is 2. The number of guanidine groups is 1. The zero-order valence-electron chi connectivity index (χ0n) is 13.4. The first-order valence-electron chi connectivity index (χ1n) is 8.34. The average Bonchev–Trinajstić information content (AvgIpc) is 3.21. The Kier molecular flexibility index (Phi) is 4.66. The van der Waals surface area contributed by atoms with Crippen molar-refractivity contribution in [3.63, 3.8) is 0 Å². The summed E-state index contributed by atoms with van der Waals surface area (Å²) < 4.78 is 0. The third-order valence-electron chi connectivity index (χ3n) is 4.90. The summed E-state index contributed by atoms with van der Waals surface area (Å²) in [6.45, 7) is 3.77. The van der Waals surface area contributed by atoms with Crippen LogP contribution in [0.15, 0.2) is 17.1 Å². The number of carbonyl (C=O) groups excluding carboxylic acids is 2. The number of imide groups is 1. The summed E-state index contributed by atoms with van der Waals surface area (Å²) in [6, 6.07) is 0. The van der Waals surface area contributed by atoms with Crippen LogP contribution in [0.2, 0.25) is 0 Å². The van der Waals surface area contributed by atoms with E-state index in [0.717, 1.165) is 6.42 Å². The molecule has 0 radical (unpaired) electrons. The van der Waals surface area contributed by atoms with Gasteiger partial charge in [0.2, 0.25) is 11.8 Å². The number of amides is 2. The van der Waals surface area contributed by atoms with Gasteiger partial charge in [-0.3, -0.25) is 19.5 Å². The maximum atomic E-state index is 12.5. The highest BCUT2D eigenvalue weighted by atomic mass is 16.3. The van der Waals surface area contributed by atoms with E-state index in [-0.39, 0.29) is 42.1 Å². The Morgan fingerprint density at radius 1 is 1.26 bits per heavy atom. The van der Waals surface area contributed by atoms with Crippen molar-refractivity contribution in [2.45, 2.75) is 13.3 Å². The van der Waals surface area contributed by atoms with Crippen LogP contribution in [0.4, 0.5) is 0 Å². The Hall–Kier alpha value is -1.89. The largest absolute Gasteiger partial charge is 0.394 e. The molecule has 4 unspecified atom stereocenters. The number of aliphatic hydroxyl groups excluding tert-OH is 1. The van der Waals surface area contributed by atoms with Crippen molar-refractivity contribution in [1.82, 2.24) is 15.5 Å². The van der Waals surface area contributed by atoms with Crippen LogP contribution in [0.25, 0.3) is 0 Å². The van der Waals surface area contributed by atoms with E-state index in [1.54, 1.807) is 0 Å². The van der Waals surface area contributed by atoms with E-state index < -0.39 is 0 Å². The molecule has 0 aromatic heterocycles. The number of carbonyl (C=O) groups is 2. The molecule has 7 nitrogen and oxygen atoms in total. The predicted molar refractivity (Wildman–Crippen MR) is 85.5 cm³/mol. The number of fused-ring (bicyclic) bond motifs is 5. The quantitative estimate of drug-likeness (QED) is 0.261. The molecule has 7 heteroatoms. The number of hydrogen-bond acceptors (Lipinski definition) is 4. The zero-order valence-corrected chi connectivity index (χ0v) is 13.4. The number of allylic oxidation sites excluding steroid dienone is 2. The minimum atomic E-state index is -0.131. The Labute approximate surface area is 135 Å². The summed E-state index contributed by atoms with van der Waals surface area (Å²) in [5.74, 6) is 0.794. The minimum Gasteiger partial charge on any atom is -0.394 e. The average molecular weight is 320 g/mol. The molecule has 0 aromatic carbocycles. The number of rotatable bonds is 6. The molecule has 2 aliphatic carbocycles. The van der Waals surface area contributed by atoms with E-state index in [1.165, 1.54) is 4.90 Å². The predicted octanol–water partition coefficient (Wildman–Crippen LogP) is -0.659. The van der Waals surface area contributed by atoms with Crippen molar-refractivity contribution >= 4 is 17.8 Å². The fourth-order valence-electron chi connectivity index (χ4n) is 3.97. The van der Waals surface area contributed by atoms with E-state index in [9.17, 15) is 9.59 Å². The van der Waals surface area contributed by atoms with E-state index in [1.807, 2.05) is 6.92 Å². The van der Waals surface area contributed by atoms with E-state index in [2.05, 4.69) is 27.8 Å². The molecule has 0 aromatic rings. The Balaban J connectivity index is 1.55. The molecule has 2 bridgehead atoms. The summed E-state index contributed by atoms with van der Waals surface area (Å²) in [7, 11) is 0. The minimum absolute atomic E-state index is 0.0151. The van der Waals surface area contributed by atoms with Crippen molar-refractivity contribution in [1.29, 1.82) is 0 Å². The molecule has 23 heavy (non-hydrogen) atoms. The van der Waals surface area contributed by atoms with Crippen molar-refractivity contribution in [2.75, 3.05) is 32.8 Å². The zero-order chi connectivity index (χ0) is 16.4. The molecule has 0 spiro atoms. The lowest BCUT2D eigenvalue weighted by Gasteiger charge is -2.18. The smallest absolute Gasteiger partial charge is 0.233 e. The van der Waals surface area contributed by atoms with E-state index in [0.29, 0.717) is 32.1 Å². The van der Waals surface area contributed by atoms with Gasteiger partial charge in [0.05, 0.1) is 25.0 Å². The van der Waals surface area contributed by atoms with Gasteiger partial charge in [-0.15, -0.1) is 0 Å². The number of aliphatic hydroxyl groups is 1. The van der Waals surface area contributed by atoms with Crippen LogP contribution in [0.5, 0.6) is 0 Å². The third kappa shape index (κ3) is 2.85. The first-order valence-corrected chi connectivity index (χ1v) is 8.34. The van der Waals surface area contributed by atoms with Crippen molar-refractivity contribution in [2.24, 2.45) is 28.7 Å². The van der Waals surface area contributed by atoms with Crippen molar-refractivity contribution < 1.29 is 14.7 Å². The summed E-state index contributed by atoms with van der Waals surface area (Å²) in [4.78, 5) is 30.6. The van der Waals surface area contributed by atoms with Gasteiger partial charge in [-0.05, 0) is 25.2 Å². The molecule has 1 saturated heterocycles. The van der Waals surface area contributed by atoms with Crippen LogP contribution in [-0.4, -0.2) is 60.6 Å². The maximum Gasteiger partial charge on any atom is 0.233 e. The number of nitrogens with one attached hydrogen (secondary N) is 2. The SMILES string of the molecule is CCNC(=NCCO)NCCN1C(=O)C2C3C=CC(C3)C2C1=O. The standard InChI is InChI=1S/C16H24N4O3/c1-2-17-16(19-6-8-21)18-5-7-20-14(22)12-10-3-4-11(9-10)13(12)15(20)23/h3-4,10-13,21H,2,5-9H2,1H3,(H2,17,18,19). The van der Waals surface area contributed by atoms with Crippen molar-refractivity contribution in [3.8, 4) is 0 Å². The summed E-state index contributed by atoms with van der Waals surface area (Å²) in [5.41, 5.74) is 0. The van der Waals surface area contributed by atoms with Gasteiger partial charge in [0.15, 0.2) is 5.96 Å². The summed E-state index contributed by atoms with van der Waals surface area (Å²) in [5, 5.41) is 15.0. The Morgan fingerprint density at radius 3 is 2.48 bits per heavy atom. The molecule has 2 amide bonds. The van der Waals surface area contributed by atoms with Gasteiger partial charge in [0.1, 0.15) is 0 Å². The molecular weight excluding hydrogens is 296 g/mol. The monoisotopic (exact) mass is 320 g/mol. The van der Waals surface area contributed by atoms with E-state index in [4.69, 9.17) is 5.11 Å². The van der Waals surface area contributed by atoms with Crippen LogP contribution >= 0.6 is 0 Å². The number of likely N-dealkylation sites (tertiary alicyclic amines) is 1. The highest BCUT2D eigenvalue weighted by Gasteiger charge is 2.58. The topological polar surface area (TPSA) is 94.0 Å². The molecule has 2 fully saturated rings. The van der Waals surface area contributed by atoms with Gasteiger partial charge in [0, 0.05) is 19.6 Å². The molecule has 1 heterocycles. The van der Waals surface area contributed by atoms with Gasteiger partial charge in [-0.25, -0.2) is 0 Å². The van der Waals surface area contributed by atoms with Gasteiger partial charge in [-0.2, -0.15) is 0 Å². The van der Waals surface area contributed by atoms with Crippen LogP contribution in [0.3, 0.4) is 0 Å². The maximum absolute atomic E-state index is 12.5. The van der Waals surface area contributed by atoms with Crippen LogP contribution < -0.4 is 10.6 Å². The fourth-order valence-corrected chi connectivity index (χ4v) is 3.97. The molecule has 3 N–H and O–H groups in total. The summed E-state index contributed by atoms with van der Waals surface area (Å²) >= 11 is 0. The molecule has 126 valence electrons. The van der Waals surface area contributed by atoms with E-state index >= 15 is 0 Å². The van der Waals surface area contributed by atoms with Gasteiger partial charge in [-0.1, -0.05) is 12.2 Å². The first kappa shape index (κ1) is 16.0. The van der Waals surface area contributed by atoms with Gasteiger partial charge < -0.3 is 15.7 Å². The lowest BCUT2D eigenvalue weighted by atomic mass is 9.85. The second-order valence-corrected chi connectivity index (χ2v) is 6.24. The molecular formula is C16H24N4O3.